The summed E-state index contributed by atoms with van der Waals surface area (Å²) in [6.45, 7) is 21.0. The van der Waals surface area contributed by atoms with Gasteiger partial charge >= 0.3 is 12.2 Å². The van der Waals surface area contributed by atoms with Gasteiger partial charge in [0, 0.05) is 36.6 Å². The van der Waals surface area contributed by atoms with Gasteiger partial charge < -0.3 is 37.3 Å². The van der Waals surface area contributed by atoms with E-state index in [-0.39, 0.29) is 12.2 Å². The molecule has 0 atom stereocenters. The molecule has 43 heavy (non-hydrogen) atoms. The Hall–Kier alpha value is -1.67. The number of nitrogens with zero attached hydrogens (tertiary/aromatic N) is 4. The van der Waals surface area contributed by atoms with Crippen molar-refractivity contribution in [1.29, 1.82) is 0 Å². The first kappa shape index (κ1) is 45.8. The Morgan fingerprint density at radius 3 is 1.00 bits per heavy atom. The summed E-state index contributed by atoms with van der Waals surface area (Å²) in [5, 5.41) is 0. The third kappa shape index (κ3) is 33.1. The number of quaternary nitrogens is 2. The predicted octanol–water partition coefficient (Wildman–Crippen LogP) is 4.91. The van der Waals surface area contributed by atoms with Crippen LogP contribution in [0.5, 0.6) is 0 Å². The van der Waals surface area contributed by atoms with Gasteiger partial charge in [0.2, 0.25) is 0 Å². The van der Waals surface area contributed by atoms with Crippen molar-refractivity contribution in [3.63, 3.8) is 0 Å². The molecule has 12 nitrogen and oxygen atoms in total. The highest BCUT2D eigenvalue weighted by Crippen LogP contribution is 2.05. The van der Waals surface area contributed by atoms with Crippen LogP contribution >= 0.6 is 0 Å². The van der Waals surface area contributed by atoms with Crippen LogP contribution in [0, 0.1) is 0 Å². The fourth-order valence-corrected chi connectivity index (χ4v) is 3.24. The van der Waals surface area contributed by atoms with Crippen molar-refractivity contribution in [2.75, 3.05) is 93.8 Å². The van der Waals surface area contributed by atoms with Gasteiger partial charge in [0.25, 0.3) is 0 Å². The van der Waals surface area contributed by atoms with Crippen molar-refractivity contribution >= 4 is 22.6 Å². The van der Waals surface area contributed by atoms with Crippen LogP contribution in [0.4, 0.5) is 9.59 Å². The lowest BCUT2D eigenvalue weighted by atomic mass is 10.3. The van der Waals surface area contributed by atoms with Gasteiger partial charge in [-0.2, -0.15) is 0 Å². The molecule has 0 unspecified atom stereocenters. The zero-order valence-corrected chi connectivity index (χ0v) is 30.0. The minimum atomic E-state index is -5.17. The molecule has 0 N–H and O–H groups in total. The maximum Gasteiger partial charge on any atom is 0.409 e. The standard InChI is InChI=1S/2C15H33N2O2.H2O4S/c2*1-6-9-11-16(12-10-7-2)15(18)19-14-13-17(4,5)8-3;1-5(2,3)4/h2*6-14H2,1-5H3;(H2,1,2,3,4)/q2*+1;/p-2. The van der Waals surface area contributed by atoms with Crippen LogP contribution in [-0.2, 0) is 19.9 Å². The zero-order valence-electron chi connectivity index (χ0n) is 29.2. The maximum atomic E-state index is 12.0. The van der Waals surface area contributed by atoms with Crippen LogP contribution in [0.1, 0.15) is 92.9 Å². The molecule has 0 bridgehead atoms. The van der Waals surface area contributed by atoms with E-state index in [1.54, 1.807) is 0 Å². The summed E-state index contributed by atoms with van der Waals surface area (Å²) in [6.07, 6.45) is 8.35. The topological polar surface area (TPSA) is 139 Å². The van der Waals surface area contributed by atoms with Gasteiger partial charge in [-0.1, -0.05) is 53.4 Å². The van der Waals surface area contributed by atoms with Crippen LogP contribution in [0.2, 0.25) is 0 Å². The molecular weight excluding hydrogens is 576 g/mol. The van der Waals surface area contributed by atoms with E-state index >= 15 is 0 Å². The van der Waals surface area contributed by atoms with E-state index in [0.29, 0.717) is 13.2 Å². The average molecular weight is 643 g/mol. The molecule has 2 amide bonds. The van der Waals surface area contributed by atoms with Gasteiger partial charge in [0.15, 0.2) is 0 Å². The Morgan fingerprint density at radius 1 is 0.581 bits per heavy atom. The third-order valence-electron chi connectivity index (χ3n) is 7.20. The number of carbonyl (C=O) groups excluding carboxylic acids is 2. The second kappa shape index (κ2) is 26.7. The van der Waals surface area contributed by atoms with Gasteiger partial charge in [-0.05, 0) is 39.5 Å². The summed E-state index contributed by atoms with van der Waals surface area (Å²) >= 11 is 0. The van der Waals surface area contributed by atoms with E-state index in [4.69, 9.17) is 27.0 Å². The molecule has 13 heteroatoms. The molecule has 0 spiro atoms. The quantitative estimate of drug-likeness (QED) is 0.104. The van der Waals surface area contributed by atoms with Crippen LogP contribution in [-0.4, -0.2) is 142 Å². The monoisotopic (exact) mass is 642 g/mol. The van der Waals surface area contributed by atoms with Crippen molar-refractivity contribution in [2.45, 2.75) is 92.9 Å². The van der Waals surface area contributed by atoms with Crippen LogP contribution < -0.4 is 0 Å². The summed E-state index contributed by atoms with van der Waals surface area (Å²) in [5.41, 5.74) is 0. The zero-order chi connectivity index (χ0) is 34.0. The molecule has 0 aromatic heterocycles. The Bertz CT molecular complexity index is 721. The molecule has 0 heterocycles. The van der Waals surface area contributed by atoms with Crippen LogP contribution in [0.25, 0.3) is 0 Å². The summed E-state index contributed by atoms with van der Waals surface area (Å²) < 4.78 is 46.7. The normalized spacial score (nSPS) is 11.4. The first-order chi connectivity index (χ1) is 19.9. The van der Waals surface area contributed by atoms with Crippen molar-refractivity contribution in [3.8, 4) is 0 Å². The van der Waals surface area contributed by atoms with Gasteiger partial charge in [0.05, 0.1) is 41.3 Å². The summed E-state index contributed by atoms with van der Waals surface area (Å²) in [4.78, 5) is 27.8. The third-order valence-corrected chi connectivity index (χ3v) is 7.20. The molecule has 0 saturated heterocycles. The van der Waals surface area contributed by atoms with E-state index in [1.807, 2.05) is 9.80 Å². The molecule has 0 aromatic rings. The molecule has 0 aliphatic rings. The van der Waals surface area contributed by atoms with E-state index in [9.17, 15) is 9.59 Å². The molecule has 0 saturated carbocycles. The Labute approximate surface area is 264 Å². The number of hydrogen-bond acceptors (Lipinski definition) is 8. The number of unbranched alkanes of at least 4 members (excludes halogenated alkanes) is 4. The van der Waals surface area contributed by atoms with Crippen molar-refractivity contribution in [2.24, 2.45) is 0 Å². The molecule has 0 rings (SSSR count). The second-order valence-electron chi connectivity index (χ2n) is 12.0. The van der Waals surface area contributed by atoms with E-state index in [1.165, 1.54) is 0 Å². The number of carbonyl (C=O) groups is 2. The summed E-state index contributed by atoms with van der Waals surface area (Å²) in [6, 6.07) is 0. The van der Waals surface area contributed by atoms with Crippen molar-refractivity contribution in [3.05, 3.63) is 0 Å². The van der Waals surface area contributed by atoms with E-state index in [2.05, 4.69) is 69.7 Å². The highest BCUT2D eigenvalue weighted by molar-refractivity contribution is 7.79. The summed E-state index contributed by atoms with van der Waals surface area (Å²) in [7, 11) is 3.44. The lowest BCUT2D eigenvalue weighted by molar-refractivity contribution is -0.888. The molecule has 0 radical (unpaired) electrons. The summed E-state index contributed by atoms with van der Waals surface area (Å²) in [5.74, 6) is 0. The van der Waals surface area contributed by atoms with E-state index < -0.39 is 10.4 Å². The highest BCUT2D eigenvalue weighted by atomic mass is 32.3. The number of rotatable bonds is 20. The van der Waals surface area contributed by atoms with Crippen LogP contribution in [0.3, 0.4) is 0 Å². The highest BCUT2D eigenvalue weighted by Gasteiger charge is 2.18. The van der Waals surface area contributed by atoms with Crippen LogP contribution in [0.15, 0.2) is 0 Å². The fraction of sp³-hybridized carbons (Fsp3) is 0.933. The number of likely N-dealkylation sites (N-methyl/N-ethyl adjacent to an activating group) is 2. The largest absolute Gasteiger partial charge is 0.759 e. The maximum absolute atomic E-state index is 12.0. The lowest BCUT2D eigenvalue weighted by Gasteiger charge is -2.28. The fourth-order valence-electron chi connectivity index (χ4n) is 3.24. The number of hydrogen-bond donors (Lipinski definition) is 0. The second-order valence-corrected chi connectivity index (χ2v) is 12.8. The van der Waals surface area contributed by atoms with E-state index in [0.717, 1.165) is 113 Å². The van der Waals surface area contributed by atoms with Gasteiger partial charge in [-0.15, -0.1) is 0 Å². The Balaban J connectivity index is -0.000000642. The number of ether oxygens (including phenoxy) is 2. The Kier molecular flexibility index (Phi) is 28.4. The lowest BCUT2D eigenvalue weighted by Crippen LogP contribution is -2.43. The van der Waals surface area contributed by atoms with Crippen molar-refractivity contribution in [1.82, 2.24) is 9.80 Å². The Morgan fingerprint density at radius 2 is 0.814 bits per heavy atom. The molecule has 260 valence electrons. The predicted molar refractivity (Wildman–Crippen MR) is 171 cm³/mol. The molecular formula is C30H66N4O8S. The number of amides is 2. The van der Waals surface area contributed by atoms with Gasteiger partial charge in [-0.3, -0.25) is 8.42 Å². The molecule has 0 aromatic carbocycles. The molecule has 0 aliphatic carbocycles. The first-order valence-corrected chi connectivity index (χ1v) is 17.4. The van der Waals surface area contributed by atoms with Gasteiger partial charge in [-0.25, -0.2) is 9.59 Å². The minimum absolute atomic E-state index is 0.141. The SMILES string of the molecule is CCCCN(CCCC)C(=O)OCC[N+](C)(C)CC.CCCCN(CCCC)C(=O)OCC[N+](C)(C)CC.O=S(=O)([O-])[O-]. The average Bonchev–Trinajstić information content (AvgIpc) is 2.92. The molecule has 0 fully saturated rings. The first-order valence-electron chi connectivity index (χ1n) is 16.1. The van der Waals surface area contributed by atoms with Crippen molar-refractivity contribution < 1.29 is 45.6 Å². The minimum Gasteiger partial charge on any atom is -0.759 e. The molecule has 0 aliphatic heterocycles. The van der Waals surface area contributed by atoms with Gasteiger partial charge in [0.1, 0.15) is 26.3 Å². The smallest absolute Gasteiger partial charge is 0.409 e.